The topological polar surface area (TPSA) is 67.9 Å². The number of rotatable bonds is 5. The first-order chi connectivity index (χ1) is 16.9. The van der Waals surface area contributed by atoms with Crippen LogP contribution in [0.3, 0.4) is 0 Å². The Bertz CT molecular complexity index is 1370. The van der Waals surface area contributed by atoms with E-state index in [1.165, 1.54) is 5.56 Å². The van der Waals surface area contributed by atoms with Gasteiger partial charge in [-0.2, -0.15) is 0 Å². The lowest BCUT2D eigenvalue weighted by atomic mass is 10.1. The van der Waals surface area contributed by atoms with Crippen LogP contribution in [0.1, 0.15) is 38.9 Å². The van der Waals surface area contributed by atoms with Gasteiger partial charge in [0.1, 0.15) is 11.4 Å². The summed E-state index contributed by atoms with van der Waals surface area (Å²) in [6.07, 6.45) is 1.65. The number of nitrogens with zero attached hydrogens (tertiary/aromatic N) is 3. The molecule has 0 bridgehead atoms. The Balaban J connectivity index is 1.35. The maximum atomic E-state index is 13.7. The molecular weight excluding hydrogens is 442 g/mol. The van der Waals surface area contributed by atoms with Crippen LogP contribution in [-0.4, -0.2) is 59.0 Å². The molecule has 1 unspecified atom stereocenters. The Morgan fingerprint density at radius 1 is 1.03 bits per heavy atom. The molecule has 2 aromatic carbocycles. The molecule has 1 aliphatic heterocycles. The second-order valence-corrected chi connectivity index (χ2v) is 9.11. The van der Waals surface area contributed by atoms with Gasteiger partial charge in [-0.15, -0.1) is 0 Å². The molecule has 1 atom stereocenters. The molecule has 2 aromatic heterocycles. The number of piperazine rings is 1. The monoisotopic (exact) mass is 471 g/mol. The quantitative estimate of drug-likeness (QED) is 0.427. The summed E-state index contributed by atoms with van der Waals surface area (Å²) in [4.78, 5) is 30.5. The van der Waals surface area contributed by atoms with Crippen LogP contribution in [0.15, 0.2) is 71.3 Å². The van der Waals surface area contributed by atoms with E-state index in [4.69, 9.17) is 9.15 Å². The third-order valence-corrected chi connectivity index (χ3v) is 6.68. The standard InChI is InChI=1S/C28H29N3O4/c1-19-7-9-21(10-8-19)18-31-25(16-23-11-14-35-28(23)31)27(33)29-12-13-30(20(2)17-29)26(32)22-5-4-6-24(15-22)34-3/h4-11,14-16,20H,12-13,17-18H2,1-3H3. The van der Waals surface area contributed by atoms with Crippen molar-refractivity contribution < 1.29 is 18.7 Å². The number of carbonyl (C=O) groups excluding carboxylic acids is 2. The van der Waals surface area contributed by atoms with E-state index >= 15 is 0 Å². The van der Waals surface area contributed by atoms with Gasteiger partial charge in [0.15, 0.2) is 0 Å². The molecule has 7 nitrogen and oxygen atoms in total. The fraction of sp³-hybridized carbons (Fsp3) is 0.286. The van der Waals surface area contributed by atoms with E-state index in [-0.39, 0.29) is 17.9 Å². The van der Waals surface area contributed by atoms with Gasteiger partial charge in [0.2, 0.25) is 5.71 Å². The fourth-order valence-corrected chi connectivity index (χ4v) is 4.71. The van der Waals surface area contributed by atoms with Crippen molar-refractivity contribution in [1.29, 1.82) is 0 Å². The molecule has 4 aromatic rings. The van der Waals surface area contributed by atoms with Gasteiger partial charge >= 0.3 is 0 Å². The van der Waals surface area contributed by atoms with Crippen molar-refractivity contribution in [3.63, 3.8) is 0 Å². The van der Waals surface area contributed by atoms with Crippen LogP contribution in [0.5, 0.6) is 5.75 Å². The number of furan rings is 1. The summed E-state index contributed by atoms with van der Waals surface area (Å²) < 4.78 is 12.9. The smallest absolute Gasteiger partial charge is 0.270 e. The summed E-state index contributed by atoms with van der Waals surface area (Å²) in [5, 5.41) is 0.903. The number of hydrogen-bond donors (Lipinski definition) is 0. The number of carbonyl (C=O) groups is 2. The molecule has 5 rings (SSSR count). The minimum atomic E-state index is -0.116. The predicted octanol–water partition coefficient (Wildman–Crippen LogP) is 4.59. The van der Waals surface area contributed by atoms with Gasteiger partial charge in [0.25, 0.3) is 11.8 Å². The Hall–Kier alpha value is -4.00. The predicted molar refractivity (Wildman–Crippen MR) is 134 cm³/mol. The summed E-state index contributed by atoms with van der Waals surface area (Å²) >= 11 is 0. The van der Waals surface area contributed by atoms with Gasteiger partial charge in [-0.3, -0.25) is 9.59 Å². The Kier molecular flexibility index (Phi) is 6.07. The first kappa shape index (κ1) is 22.8. The maximum absolute atomic E-state index is 13.7. The van der Waals surface area contributed by atoms with Crippen LogP contribution >= 0.6 is 0 Å². The third-order valence-electron chi connectivity index (χ3n) is 6.68. The van der Waals surface area contributed by atoms with Gasteiger partial charge in [0.05, 0.1) is 19.9 Å². The number of benzene rings is 2. The van der Waals surface area contributed by atoms with E-state index in [9.17, 15) is 9.59 Å². The van der Waals surface area contributed by atoms with Crippen molar-refractivity contribution in [3.05, 3.63) is 89.3 Å². The van der Waals surface area contributed by atoms with Crippen LogP contribution in [-0.2, 0) is 6.54 Å². The summed E-state index contributed by atoms with van der Waals surface area (Å²) in [6, 6.07) is 19.1. The number of aromatic nitrogens is 1. The van der Waals surface area contributed by atoms with Crippen LogP contribution < -0.4 is 4.74 Å². The molecule has 1 aliphatic rings. The first-order valence-corrected chi connectivity index (χ1v) is 11.8. The van der Waals surface area contributed by atoms with E-state index in [0.29, 0.717) is 48.9 Å². The maximum Gasteiger partial charge on any atom is 0.270 e. The normalized spacial score (nSPS) is 16.0. The average Bonchev–Trinajstić information content (AvgIpc) is 3.47. The second-order valence-electron chi connectivity index (χ2n) is 9.11. The first-order valence-electron chi connectivity index (χ1n) is 11.8. The molecule has 7 heteroatoms. The average molecular weight is 472 g/mol. The summed E-state index contributed by atoms with van der Waals surface area (Å²) in [5.74, 6) is 0.545. The lowest BCUT2D eigenvalue weighted by Gasteiger charge is -2.40. The highest BCUT2D eigenvalue weighted by Crippen LogP contribution is 2.25. The van der Waals surface area contributed by atoms with Gasteiger partial charge in [0, 0.05) is 36.6 Å². The molecule has 2 amide bonds. The number of ether oxygens (including phenoxy) is 1. The summed E-state index contributed by atoms with van der Waals surface area (Å²) in [5.41, 5.74) is 4.16. The molecule has 0 aliphatic carbocycles. The van der Waals surface area contributed by atoms with Gasteiger partial charge in [-0.05, 0) is 49.7 Å². The van der Waals surface area contributed by atoms with Crippen molar-refractivity contribution in [2.24, 2.45) is 0 Å². The molecule has 35 heavy (non-hydrogen) atoms. The van der Waals surface area contributed by atoms with Crippen molar-refractivity contribution in [2.45, 2.75) is 26.4 Å². The minimum absolute atomic E-state index is 0.0520. The Morgan fingerprint density at radius 3 is 2.57 bits per heavy atom. The Morgan fingerprint density at radius 2 is 1.83 bits per heavy atom. The lowest BCUT2D eigenvalue weighted by molar-refractivity contribution is 0.0409. The van der Waals surface area contributed by atoms with E-state index in [0.717, 1.165) is 10.9 Å². The number of aryl methyl sites for hydroxylation is 1. The number of amides is 2. The van der Waals surface area contributed by atoms with Crippen molar-refractivity contribution in [1.82, 2.24) is 14.4 Å². The molecule has 0 spiro atoms. The second kappa shape index (κ2) is 9.33. The molecule has 0 N–H and O–H groups in total. The zero-order valence-corrected chi connectivity index (χ0v) is 20.2. The molecule has 1 fully saturated rings. The Labute approximate surface area is 204 Å². The van der Waals surface area contributed by atoms with Crippen molar-refractivity contribution in [2.75, 3.05) is 26.7 Å². The highest BCUT2D eigenvalue weighted by molar-refractivity contribution is 5.98. The van der Waals surface area contributed by atoms with Crippen molar-refractivity contribution in [3.8, 4) is 5.75 Å². The van der Waals surface area contributed by atoms with Gasteiger partial charge in [-0.25, -0.2) is 0 Å². The highest BCUT2D eigenvalue weighted by atomic mass is 16.5. The van der Waals surface area contributed by atoms with Crippen LogP contribution in [0.25, 0.3) is 11.1 Å². The third kappa shape index (κ3) is 4.41. The summed E-state index contributed by atoms with van der Waals surface area (Å²) in [6.45, 7) is 5.98. The number of methoxy groups -OCH3 is 1. The van der Waals surface area contributed by atoms with Crippen LogP contribution in [0.2, 0.25) is 0 Å². The van der Waals surface area contributed by atoms with E-state index in [2.05, 4.69) is 31.2 Å². The zero-order valence-electron chi connectivity index (χ0n) is 20.2. The van der Waals surface area contributed by atoms with Crippen LogP contribution in [0, 0.1) is 6.92 Å². The minimum Gasteiger partial charge on any atom is -0.497 e. The molecule has 0 radical (unpaired) electrons. The number of hydrogen-bond acceptors (Lipinski definition) is 4. The molecule has 180 valence electrons. The molecular formula is C28H29N3O4. The molecule has 0 saturated carbocycles. The molecule has 3 heterocycles. The summed E-state index contributed by atoms with van der Waals surface area (Å²) in [7, 11) is 1.59. The van der Waals surface area contributed by atoms with Crippen molar-refractivity contribution >= 4 is 22.9 Å². The van der Waals surface area contributed by atoms with Gasteiger partial charge in [-0.1, -0.05) is 35.9 Å². The van der Waals surface area contributed by atoms with Gasteiger partial charge < -0.3 is 23.5 Å². The molecule has 1 saturated heterocycles. The van der Waals surface area contributed by atoms with Crippen LogP contribution in [0.4, 0.5) is 0 Å². The number of fused-ring (bicyclic) bond motifs is 1. The lowest BCUT2D eigenvalue weighted by Crippen LogP contribution is -2.55. The SMILES string of the molecule is COc1cccc(C(=O)N2CCN(C(=O)c3cc4ccoc4n3Cc3ccc(C)cc3)CC2C)c1. The highest BCUT2D eigenvalue weighted by Gasteiger charge is 2.32. The fourth-order valence-electron chi connectivity index (χ4n) is 4.71. The van der Waals surface area contributed by atoms with E-state index in [1.807, 2.05) is 45.6 Å². The zero-order chi connectivity index (χ0) is 24.5. The largest absolute Gasteiger partial charge is 0.497 e. The van der Waals surface area contributed by atoms with E-state index in [1.54, 1.807) is 25.5 Å². The van der Waals surface area contributed by atoms with E-state index < -0.39 is 0 Å².